The molecule has 0 saturated heterocycles. The third-order valence-corrected chi connectivity index (χ3v) is 5.36. The molecule has 1 unspecified atom stereocenters. The second kappa shape index (κ2) is 8.80. The second-order valence-electron chi connectivity index (χ2n) is 6.81. The lowest BCUT2D eigenvalue weighted by Crippen LogP contribution is -2.20. The third-order valence-electron chi connectivity index (χ3n) is 4.80. The van der Waals surface area contributed by atoms with Crippen molar-refractivity contribution < 1.29 is 9.90 Å². The summed E-state index contributed by atoms with van der Waals surface area (Å²) < 4.78 is 0. The van der Waals surface area contributed by atoms with Crippen LogP contribution in [0.3, 0.4) is 0 Å². The molecule has 0 bridgehead atoms. The number of para-hydroxylation sites is 2. The smallest absolute Gasteiger partial charge is 0.255 e. The molecule has 0 spiro atoms. The number of anilines is 2. The van der Waals surface area contributed by atoms with E-state index in [1.165, 1.54) is 0 Å². The lowest BCUT2D eigenvalue weighted by atomic mass is 9.96. The Kier molecular flexibility index (Phi) is 5.77. The topological polar surface area (TPSA) is 78.6 Å². The van der Waals surface area contributed by atoms with Crippen LogP contribution in [-0.4, -0.2) is 15.9 Å². The number of hydrogen-bond acceptors (Lipinski definition) is 5. The predicted molar refractivity (Wildman–Crippen MR) is 123 cm³/mol. The van der Waals surface area contributed by atoms with E-state index in [1.807, 2.05) is 59.6 Å². The fraction of sp³-hybridized carbons (Fsp3) is 0.0417. The molecule has 0 aromatic heterocycles. The minimum Gasteiger partial charge on any atom is -0.508 e. The molecule has 1 aliphatic rings. The molecule has 4 N–H and O–H groups in total. The van der Waals surface area contributed by atoms with Gasteiger partial charge in [0.15, 0.2) is 0 Å². The summed E-state index contributed by atoms with van der Waals surface area (Å²) in [4.78, 5) is 14.7. The number of phenolic OH excluding ortho intramolecular Hbond substituents is 1. The number of hydrogen-bond donors (Lipinski definition) is 3. The lowest BCUT2D eigenvalue weighted by Gasteiger charge is -2.30. The number of amides is 1. The molecule has 5 nitrogen and oxygen atoms in total. The average molecular weight is 416 g/mol. The normalized spacial score (nSPS) is 13.8. The van der Waals surface area contributed by atoms with Crippen LogP contribution in [0.5, 0.6) is 5.75 Å². The maximum atomic E-state index is 12.6. The Hall–Kier alpha value is -3.64. The van der Waals surface area contributed by atoms with Gasteiger partial charge in [0.2, 0.25) is 0 Å². The van der Waals surface area contributed by atoms with E-state index >= 15 is 0 Å². The first-order valence-electron chi connectivity index (χ1n) is 9.43. The molecule has 0 radical (unpaired) electrons. The van der Waals surface area contributed by atoms with Crippen molar-refractivity contribution in [3.05, 3.63) is 113 Å². The van der Waals surface area contributed by atoms with E-state index in [-0.39, 0.29) is 17.7 Å². The van der Waals surface area contributed by atoms with Gasteiger partial charge in [0.05, 0.1) is 17.4 Å². The summed E-state index contributed by atoms with van der Waals surface area (Å²) in [5, 5.41) is 16.8. The summed E-state index contributed by atoms with van der Waals surface area (Å²) in [5.74, 6) is -0.00388. The van der Waals surface area contributed by atoms with Crippen molar-refractivity contribution in [3.8, 4) is 5.75 Å². The monoisotopic (exact) mass is 415 g/mol. The molecule has 1 aliphatic heterocycles. The molecule has 6 heteroatoms. The molecule has 3 aromatic carbocycles. The van der Waals surface area contributed by atoms with Gasteiger partial charge in [-0.25, -0.2) is 0 Å². The number of aromatic hydroxyl groups is 1. The van der Waals surface area contributed by atoms with Crippen molar-refractivity contribution >= 4 is 29.0 Å². The highest BCUT2D eigenvalue weighted by atomic mass is 32.2. The number of carbonyl (C=O) groups excluding carboxylic acids is 1. The standard InChI is InChI=1S/C24H21N3O2S/c25-21-6-1-2-7-22(21)26-24(29)18-10-8-17(9-11-18)23(27-12-14-30-15-13-27)19-4-3-5-20(28)16-19/h1-16,23,28H,25H2,(H,26,29). The summed E-state index contributed by atoms with van der Waals surface area (Å²) in [7, 11) is 0. The zero-order chi connectivity index (χ0) is 20.9. The van der Waals surface area contributed by atoms with Crippen LogP contribution in [0.15, 0.2) is 96.0 Å². The second-order valence-corrected chi connectivity index (χ2v) is 7.63. The summed E-state index contributed by atoms with van der Waals surface area (Å²) in [6.07, 6.45) is 4.00. The maximum absolute atomic E-state index is 12.6. The molecule has 1 atom stereocenters. The molecule has 0 aliphatic carbocycles. The van der Waals surface area contributed by atoms with E-state index in [4.69, 9.17) is 5.73 Å². The van der Waals surface area contributed by atoms with E-state index < -0.39 is 0 Å². The van der Waals surface area contributed by atoms with Crippen LogP contribution >= 0.6 is 11.8 Å². The molecule has 0 fully saturated rings. The van der Waals surface area contributed by atoms with Crippen LogP contribution < -0.4 is 11.1 Å². The first-order chi connectivity index (χ1) is 14.6. The van der Waals surface area contributed by atoms with Gasteiger partial charge < -0.3 is 21.1 Å². The minimum absolute atomic E-state index is 0.132. The van der Waals surface area contributed by atoms with Crippen molar-refractivity contribution in [2.45, 2.75) is 6.04 Å². The van der Waals surface area contributed by atoms with Gasteiger partial charge in [0.25, 0.3) is 5.91 Å². The van der Waals surface area contributed by atoms with E-state index in [0.29, 0.717) is 16.9 Å². The predicted octanol–water partition coefficient (Wildman–Crippen LogP) is 5.31. The number of phenols is 1. The largest absolute Gasteiger partial charge is 0.508 e. The number of nitrogen functional groups attached to an aromatic ring is 1. The van der Waals surface area contributed by atoms with E-state index in [9.17, 15) is 9.90 Å². The van der Waals surface area contributed by atoms with Crippen LogP contribution in [0, 0.1) is 0 Å². The van der Waals surface area contributed by atoms with Gasteiger partial charge >= 0.3 is 0 Å². The Bertz CT molecular complexity index is 1100. The molecule has 30 heavy (non-hydrogen) atoms. The number of benzene rings is 3. The molecule has 1 heterocycles. The van der Waals surface area contributed by atoms with Gasteiger partial charge in [-0.3, -0.25) is 4.79 Å². The van der Waals surface area contributed by atoms with Gasteiger partial charge in [-0.2, -0.15) is 0 Å². The van der Waals surface area contributed by atoms with Gasteiger partial charge in [0.1, 0.15) is 5.75 Å². The van der Waals surface area contributed by atoms with Gasteiger partial charge in [-0.05, 0) is 58.3 Å². The number of carbonyl (C=O) groups is 1. The molecule has 3 aromatic rings. The number of nitrogens with zero attached hydrogens (tertiary/aromatic N) is 1. The zero-order valence-electron chi connectivity index (χ0n) is 16.1. The fourth-order valence-corrected chi connectivity index (χ4v) is 3.84. The van der Waals surface area contributed by atoms with Gasteiger partial charge in [-0.15, -0.1) is 11.8 Å². The molecule has 1 amide bonds. The van der Waals surface area contributed by atoms with Crippen molar-refractivity contribution in [2.24, 2.45) is 0 Å². The van der Waals surface area contributed by atoms with Crippen molar-refractivity contribution in [3.63, 3.8) is 0 Å². The summed E-state index contributed by atoms with van der Waals surface area (Å²) >= 11 is 1.60. The highest BCUT2D eigenvalue weighted by Crippen LogP contribution is 2.33. The van der Waals surface area contributed by atoms with Crippen LogP contribution in [0.4, 0.5) is 11.4 Å². The highest BCUT2D eigenvalue weighted by Gasteiger charge is 2.20. The molecule has 0 saturated carbocycles. The average Bonchev–Trinajstić information content (AvgIpc) is 2.77. The van der Waals surface area contributed by atoms with Crippen molar-refractivity contribution in [1.29, 1.82) is 0 Å². The van der Waals surface area contributed by atoms with Gasteiger partial charge in [-0.1, -0.05) is 36.4 Å². The summed E-state index contributed by atoms with van der Waals surface area (Å²) in [6.45, 7) is 0. The quantitative estimate of drug-likeness (QED) is 0.492. The number of thioether (sulfide) groups is 1. The SMILES string of the molecule is Nc1ccccc1NC(=O)c1ccc(C(c2cccc(O)c2)N2C=CSC=C2)cc1. The zero-order valence-corrected chi connectivity index (χ0v) is 16.9. The minimum atomic E-state index is -0.220. The number of nitrogens with two attached hydrogens (primary N) is 1. The fourth-order valence-electron chi connectivity index (χ4n) is 3.33. The Morgan fingerprint density at radius 2 is 1.67 bits per heavy atom. The van der Waals surface area contributed by atoms with Crippen LogP contribution in [-0.2, 0) is 0 Å². The Morgan fingerprint density at radius 3 is 2.37 bits per heavy atom. The van der Waals surface area contributed by atoms with Gasteiger partial charge in [0, 0.05) is 18.0 Å². The Labute approximate surface area is 179 Å². The van der Waals surface area contributed by atoms with E-state index in [1.54, 1.807) is 48.2 Å². The first kappa shape index (κ1) is 19.7. The molecular formula is C24H21N3O2S. The van der Waals surface area contributed by atoms with Crippen LogP contribution in [0.2, 0.25) is 0 Å². The van der Waals surface area contributed by atoms with Crippen molar-refractivity contribution in [1.82, 2.24) is 4.90 Å². The Balaban J connectivity index is 1.61. The maximum Gasteiger partial charge on any atom is 0.255 e. The number of rotatable bonds is 5. The first-order valence-corrected chi connectivity index (χ1v) is 10.4. The molecular weight excluding hydrogens is 394 g/mol. The molecule has 150 valence electrons. The summed E-state index contributed by atoms with van der Waals surface area (Å²) in [6, 6.07) is 21.7. The van der Waals surface area contributed by atoms with E-state index in [2.05, 4.69) is 10.2 Å². The third kappa shape index (κ3) is 4.34. The van der Waals surface area contributed by atoms with Crippen LogP contribution in [0.1, 0.15) is 27.5 Å². The summed E-state index contributed by atoms with van der Waals surface area (Å²) in [5.41, 5.74) is 9.51. The van der Waals surface area contributed by atoms with Crippen molar-refractivity contribution in [2.75, 3.05) is 11.1 Å². The van der Waals surface area contributed by atoms with E-state index in [0.717, 1.165) is 11.1 Å². The number of nitrogens with one attached hydrogen (secondary N) is 1. The molecule has 4 rings (SSSR count). The lowest BCUT2D eigenvalue weighted by molar-refractivity contribution is 0.102. The highest BCUT2D eigenvalue weighted by molar-refractivity contribution is 8.04. The Morgan fingerprint density at radius 1 is 0.933 bits per heavy atom. The van der Waals surface area contributed by atoms with Crippen LogP contribution in [0.25, 0.3) is 0 Å².